The fraction of sp³-hybridized carbons (Fsp3) is 0.263. The van der Waals surface area contributed by atoms with Crippen molar-refractivity contribution in [2.75, 3.05) is 26.5 Å². The summed E-state index contributed by atoms with van der Waals surface area (Å²) in [5.41, 5.74) is -1.13. The predicted molar refractivity (Wildman–Crippen MR) is 110 cm³/mol. The molecule has 1 N–H and O–H groups in total. The molecule has 174 valence electrons. The zero-order valence-corrected chi connectivity index (χ0v) is 18.2. The molecule has 0 saturated carbocycles. The topological polar surface area (TPSA) is 114 Å². The largest absolute Gasteiger partial charge is 0.493 e. The highest BCUT2D eigenvalue weighted by molar-refractivity contribution is 7.80. The summed E-state index contributed by atoms with van der Waals surface area (Å²) in [4.78, 5) is 46.4. The maximum atomic E-state index is 12.9. The standard InChI is InChI=1S/C19H16F3N5O5S/c1-26-16(29)14(17(30)27(2)18(26)33)15(28)25-9-4-5-10(31-3)11(6-9)32-13-7-12(19(20,21)22)23-8-24-13/h4-8,14H,1-3H3,(H,25,28). The average molecular weight is 483 g/mol. The van der Waals surface area contributed by atoms with Crippen LogP contribution in [0.15, 0.2) is 30.6 Å². The second kappa shape index (κ2) is 8.97. The van der Waals surface area contributed by atoms with Crippen LogP contribution in [0.4, 0.5) is 18.9 Å². The van der Waals surface area contributed by atoms with Crippen LogP contribution in [0.1, 0.15) is 5.69 Å². The fourth-order valence-electron chi connectivity index (χ4n) is 2.84. The predicted octanol–water partition coefficient (Wildman–Crippen LogP) is 2.07. The molecule has 2 heterocycles. The van der Waals surface area contributed by atoms with Gasteiger partial charge in [0.05, 0.1) is 7.11 Å². The van der Waals surface area contributed by atoms with Crippen LogP contribution in [-0.4, -0.2) is 63.8 Å². The van der Waals surface area contributed by atoms with Crippen LogP contribution in [0.5, 0.6) is 17.4 Å². The molecule has 0 bridgehead atoms. The zero-order valence-electron chi connectivity index (χ0n) is 17.3. The number of amides is 3. The number of hydrogen-bond donors (Lipinski definition) is 1. The van der Waals surface area contributed by atoms with Crippen LogP contribution in [0.25, 0.3) is 0 Å². The molecule has 14 heteroatoms. The number of nitrogens with one attached hydrogen (secondary N) is 1. The van der Waals surface area contributed by atoms with Gasteiger partial charge >= 0.3 is 6.18 Å². The smallest absolute Gasteiger partial charge is 0.433 e. The molecule has 3 rings (SSSR count). The van der Waals surface area contributed by atoms with Gasteiger partial charge in [0.2, 0.25) is 11.8 Å². The molecule has 0 unspecified atom stereocenters. The van der Waals surface area contributed by atoms with Gasteiger partial charge < -0.3 is 14.8 Å². The van der Waals surface area contributed by atoms with Crippen LogP contribution in [0.3, 0.4) is 0 Å². The maximum Gasteiger partial charge on any atom is 0.433 e. The monoisotopic (exact) mass is 483 g/mol. The Bertz CT molecular complexity index is 1120. The summed E-state index contributed by atoms with van der Waals surface area (Å²) in [6, 6.07) is 4.59. The normalized spacial score (nSPS) is 15.0. The van der Waals surface area contributed by atoms with E-state index >= 15 is 0 Å². The zero-order chi connectivity index (χ0) is 24.5. The lowest BCUT2D eigenvalue weighted by Gasteiger charge is -2.34. The Labute approximate surface area is 190 Å². The number of carbonyl (C=O) groups excluding carboxylic acids is 3. The molecule has 0 atom stereocenters. The number of thiocarbonyl (C=S) groups is 1. The van der Waals surface area contributed by atoms with E-state index in [1.54, 1.807) is 0 Å². The van der Waals surface area contributed by atoms with Crippen molar-refractivity contribution in [1.29, 1.82) is 0 Å². The number of benzene rings is 1. The van der Waals surface area contributed by atoms with E-state index in [9.17, 15) is 27.6 Å². The maximum absolute atomic E-state index is 12.9. The second-order valence-electron chi connectivity index (χ2n) is 6.71. The molecule has 1 saturated heterocycles. The first-order valence-corrected chi connectivity index (χ1v) is 9.50. The number of methoxy groups -OCH3 is 1. The first-order valence-electron chi connectivity index (χ1n) is 9.09. The van der Waals surface area contributed by atoms with Gasteiger partial charge in [0.1, 0.15) is 6.33 Å². The number of ether oxygens (including phenoxy) is 2. The minimum atomic E-state index is -4.71. The molecule has 1 aromatic carbocycles. The minimum absolute atomic E-state index is 0.0442. The Morgan fingerprint density at radius 2 is 1.73 bits per heavy atom. The summed E-state index contributed by atoms with van der Waals surface area (Å²) in [5, 5.41) is 2.37. The Kier molecular flexibility index (Phi) is 6.48. The number of halogens is 3. The van der Waals surface area contributed by atoms with Crippen LogP contribution in [-0.2, 0) is 20.6 Å². The number of carbonyl (C=O) groups is 3. The van der Waals surface area contributed by atoms with Crippen LogP contribution in [0, 0.1) is 5.92 Å². The van der Waals surface area contributed by atoms with Crippen molar-refractivity contribution < 1.29 is 37.0 Å². The summed E-state index contributed by atoms with van der Waals surface area (Å²) >= 11 is 4.98. The third kappa shape index (κ3) is 4.84. The minimum Gasteiger partial charge on any atom is -0.493 e. The van der Waals surface area contributed by atoms with E-state index in [-0.39, 0.29) is 22.3 Å². The molecule has 2 aromatic rings. The van der Waals surface area contributed by atoms with Crippen molar-refractivity contribution in [2.24, 2.45) is 5.92 Å². The number of rotatable bonds is 5. The van der Waals surface area contributed by atoms with Crippen molar-refractivity contribution in [2.45, 2.75) is 6.18 Å². The van der Waals surface area contributed by atoms with Gasteiger partial charge in [-0.05, 0) is 24.4 Å². The quantitative estimate of drug-likeness (QED) is 0.508. The lowest BCUT2D eigenvalue weighted by molar-refractivity contribution is -0.149. The lowest BCUT2D eigenvalue weighted by Crippen LogP contribution is -2.59. The first-order chi connectivity index (χ1) is 15.4. The van der Waals surface area contributed by atoms with Gasteiger partial charge in [-0.25, -0.2) is 9.97 Å². The summed E-state index contributed by atoms with van der Waals surface area (Å²) in [6.45, 7) is 0. The molecule has 1 aliphatic rings. The Balaban J connectivity index is 1.85. The van der Waals surface area contributed by atoms with Gasteiger partial charge in [-0.2, -0.15) is 13.2 Å². The van der Waals surface area contributed by atoms with E-state index in [0.717, 1.165) is 9.80 Å². The van der Waals surface area contributed by atoms with E-state index in [4.69, 9.17) is 21.7 Å². The van der Waals surface area contributed by atoms with E-state index < -0.39 is 41.4 Å². The van der Waals surface area contributed by atoms with E-state index in [1.165, 1.54) is 39.4 Å². The fourth-order valence-corrected chi connectivity index (χ4v) is 3.02. The van der Waals surface area contributed by atoms with Crippen molar-refractivity contribution >= 4 is 40.7 Å². The number of alkyl halides is 3. The van der Waals surface area contributed by atoms with Gasteiger partial charge in [-0.3, -0.25) is 24.2 Å². The highest BCUT2D eigenvalue weighted by Crippen LogP contribution is 2.35. The molecule has 0 spiro atoms. The van der Waals surface area contributed by atoms with Gasteiger partial charge in [0, 0.05) is 31.9 Å². The molecular formula is C19H16F3N5O5S. The number of aromatic nitrogens is 2. The highest BCUT2D eigenvalue weighted by Gasteiger charge is 2.45. The van der Waals surface area contributed by atoms with Crippen molar-refractivity contribution in [3.63, 3.8) is 0 Å². The van der Waals surface area contributed by atoms with Crippen molar-refractivity contribution in [3.05, 3.63) is 36.3 Å². The number of hydrogen-bond acceptors (Lipinski definition) is 8. The average Bonchev–Trinajstić information content (AvgIpc) is 2.76. The van der Waals surface area contributed by atoms with Gasteiger partial charge in [-0.15, -0.1) is 0 Å². The molecule has 3 amide bonds. The summed E-state index contributed by atoms with van der Waals surface area (Å²) in [7, 11) is 3.98. The summed E-state index contributed by atoms with van der Waals surface area (Å²) in [6.07, 6.45) is -4.02. The Hall–Kier alpha value is -3.81. The summed E-state index contributed by atoms with van der Waals surface area (Å²) < 4.78 is 49.2. The van der Waals surface area contributed by atoms with Gasteiger partial charge in [0.25, 0.3) is 11.8 Å². The third-order valence-corrected chi connectivity index (χ3v) is 5.12. The molecule has 10 nitrogen and oxygen atoms in total. The van der Waals surface area contributed by atoms with Crippen molar-refractivity contribution in [3.8, 4) is 17.4 Å². The molecule has 0 radical (unpaired) electrons. The van der Waals surface area contributed by atoms with Gasteiger partial charge in [0.15, 0.2) is 28.2 Å². The van der Waals surface area contributed by atoms with E-state index in [2.05, 4.69) is 15.3 Å². The van der Waals surface area contributed by atoms with Crippen molar-refractivity contribution in [1.82, 2.24) is 19.8 Å². The lowest BCUT2D eigenvalue weighted by atomic mass is 10.0. The molecule has 1 fully saturated rings. The molecule has 0 aliphatic carbocycles. The molecule has 33 heavy (non-hydrogen) atoms. The van der Waals surface area contributed by atoms with E-state index in [1.807, 2.05) is 0 Å². The Morgan fingerprint density at radius 3 is 2.30 bits per heavy atom. The first kappa shape index (κ1) is 23.8. The molecular weight excluding hydrogens is 467 g/mol. The van der Waals surface area contributed by atoms with Crippen LogP contribution in [0.2, 0.25) is 0 Å². The molecule has 1 aromatic heterocycles. The summed E-state index contributed by atoms with van der Waals surface area (Å²) in [5.74, 6) is -4.59. The number of anilines is 1. The highest BCUT2D eigenvalue weighted by atomic mass is 32.1. The third-order valence-electron chi connectivity index (χ3n) is 4.57. The molecule has 1 aliphatic heterocycles. The van der Waals surface area contributed by atoms with E-state index in [0.29, 0.717) is 12.4 Å². The second-order valence-corrected chi connectivity index (χ2v) is 7.07. The van der Waals surface area contributed by atoms with Gasteiger partial charge in [-0.1, -0.05) is 0 Å². The number of nitrogens with zero attached hydrogens (tertiary/aromatic N) is 4. The Morgan fingerprint density at radius 1 is 1.09 bits per heavy atom. The van der Waals surface area contributed by atoms with Crippen LogP contribution >= 0.6 is 12.2 Å². The van der Waals surface area contributed by atoms with Crippen LogP contribution < -0.4 is 14.8 Å². The SMILES string of the molecule is COc1ccc(NC(=O)C2C(=O)N(C)C(=S)N(C)C2=O)cc1Oc1cc(C(F)(F)F)ncn1.